The number of nitrogens with two attached hydrogens (primary N) is 1. The third-order valence-electron chi connectivity index (χ3n) is 9.82. The van der Waals surface area contributed by atoms with Gasteiger partial charge in [0.2, 0.25) is 0 Å². The van der Waals surface area contributed by atoms with Crippen LogP contribution in [0, 0.1) is 0 Å². The molecule has 1 saturated carbocycles. The number of benzene rings is 2. The van der Waals surface area contributed by atoms with Gasteiger partial charge in [0.25, 0.3) is 5.91 Å². The Labute approximate surface area is 337 Å². The zero-order chi connectivity index (χ0) is 42.6. The van der Waals surface area contributed by atoms with Crippen molar-refractivity contribution in [2.75, 3.05) is 51.4 Å². The number of aromatic amines is 1. The second kappa shape index (κ2) is 19.8. The first kappa shape index (κ1) is 43.0. The summed E-state index contributed by atoms with van der Waals surface area (Å²) in [6.07, 6.45) is 8.11. The van der Waals surface area contributed by atoms with Gasteiger partial charge in [0.05, 0.1) is 24.2 Å². The summed E-state index contributed by atoms with van der Waals surface area (Å²) in [5.74, 6) is -4.36. The molecule has 7 rings (SSSR count). The predicted octanol–water partition coefficient (Wildman–Crippen LogP) is 3.97. The third-order valence-corrected chi connectivity index (χ3v) is 9.82. The van der Waals surface area contributed by atoms with Gasteiger partial charge in [-0.05, 0) is 57.0 Å². The minimum absolute atomic E-state index is 0.242. The number of carbonyl (C=O) groups excluding carboxylic acids is 1. The third kappa shape index (κ3) is 11.5. The number of fused-ring (bicyclic) bond motifs is 2. The number of H-pyrrole nitrogens is 1. The Bertz CT molecular complexity index is 2270. The molecule has 310 valence electrons. The summed E-state index contributed by atoms with van der Waals surface area (Å²) in [6, 6.07) is 16.1. The largest absolute Gasteiger partial charge is 0.495 e. The Morgan fingerprint density at radius 2 is 1.41 bits per heavy atom. The Hall–Kier alpha value is -7.12. The van der Waals surface area contributed by atoms with Gasteiger partial charge < -0.3 is 46.1 Å². The van der Waals surface area contributed by atoms with Crippen LogP contribution in [0.25, 0.3) is 33.2 Å². The first-order valence-corrected chi connectivity index (χ1v) is 18.5. The van der Waals surface area contributed by atoms with Gasteiger partial charge in [-0.25, -0.2) is 33.8 Å². The number of aliphatic carboxylic acids is 4. The Morgan fingerprint density at radius 3 is 1.98 bits per heavy atom. The number of carboxylic acids is 4. The first-order chi connectivity index (χ1) is 28.2. The molecule has 1 aliphatic carbocycles. The lowest BCUT2D eigenvalue weighted by Gasteiger charge is -2.41. The van der Waals surface area contributed by atoms with Crippen LogP contribution >= 0.6 is 0 Å². The van der Waals surface area contributed by atoms with Gasteiger partial charge >= 0.3 is 23.9 Å². The summed E-state index contributed by atoms with van der Waals surface area (Å²) in [4.78, 5) is 68.5. The van der Waals surface area contributed by atoms with Crippen molar-refractivity contribution in [2.45, 2.75) is 37.8 Å². The lowest BCUT2D eigenvalue weighted by atomic mass is 9.90. The van der Waals surface area contributed by atoms with E-state index in [1.165, 1.54) is 6.33 Å². The molecule has 1 amide bonds. The van der Waals surface area contributed by atoms with Crippen LogP contribution in [0.5, 0.6) is 5.75 Å². The Morgan fingerprint density at radius 1 is 0.814 bits per heavy atom. The van der Waals surface area contributed by atoms with Crippen molar-refractivity contribution in [2.24, 2.45) is 0 Å². The molecular weight excluding hydrogens is 766 g/mol. The fourth-order valence-electron chi connectivity index (χ4n) is 6.92. The van der Waals surface area contributed by atoms with Crippen LogP contribution in [0.2, 0.25) is 0 Å². The molecule has 1 saturated heterocycles. The number of likely N-dealkylation sites (N-methyl/N-ethyl adjacent to an activating group) is 1. The highest BCUT2D eigenvalue weighted by Crippen LogP contribution is 2.39. The van der Waals surface area contributed by atoms with Crippen LogP contribution in [0.3, 0.4) is 0 Å². The van der Waals surface area contributed by atoms with Crippen molar-refractivity contribution in [1.29, 1.82) is 0 Å². The number of aromatic nitrogens is 5. The Balaban J connectivity index is 0.000000350. The van der Waals surface area contributed by atoms with E-state index in [9.17, 15) is 24.0 Å². The van der Waals surface area contributed by atoms with E-state index in [1.54, 1.807) is 7.11 Å². The number of ether oxygens (including phenoxy) is 1. The SMILES string of the molecule is COc1cc(-c2nn(C3CCC(N4CCN(C)CC4)CC3)c3ncnc(N)c23)ccc1NC(=O)c1cc2ccccc2[nH]1.O=C(O)/C=C\C(=O)O.O=C(O)/C=C\C(=O)O. The fourth-order valence-corrected chi connectivity index (χ4v) is 6.92. The molecule has 5 aromatic rings. The molecular formula is C40H45N9O10. The highest BCUT2D eigenvalue weighted by Gasteiger charge is 2.31. The molecule has 3 aromatic heterocycles. The van der Waals surface area contributed by atoms with E-state index in [0.717, 1.165) is 79.4 Å². The van der Waals surface area contributed by atoms with E-state index in [0.29, 0.717) is 59.0 Å². The van der Waals surface area contributed by atoms with Crippen LogP contribution in [0.1, 0.15) is 42.2 Å². The first-order valence-electron chi connectivity index (χ1n) is 18.5. The van der Waals surface area contributed by atoms with Gasteiger partial charge in [-0.2, -0.15) is 5.10 Å². The van der Waals surface area contributed by atoms with Crippen molar-refractivity contribution in [3.8, 4) is 17.0 Å². The second-order valence-corrected chi connectivity index (χ2v) is 13.7. The van der Waals surface area contributed by atoms with Gasteiger partial charge in [0.1, 0.15) is 29.3 Å². The normalized spacial score (nSPS) is 17.2. The molecule has 4 heterocycles. The highest BCUT2D eigenvalue weighted by atomic mass is 16.5. The van der Waals surface area contributed by atoms with Crippen molar-refractivity contribution in [1.82, 2.24) is 34.5 Å². The molecule has 0 radical (unpaired) electrons. The van der Waals surface area contributed by atoms with Crippen molar-refractivity contribution < 1.29 is 49.1 Å². The summed E-state index contributed by atoms with van der Waals surface area (Å²) in [6.45, 7) is 4.56. The minimum atomic E-state index is -1.26. The van der Waals surface area contributed by atoms with Crippen molar-refractivity contribution in [3.05, 3.63) is 84.9 Å². The number of para-hydroxylation sites is 1. The lowest BCUT2D eigenvalue weighted by Crippen LogP contribution is -2.49. The summed E-state index contributed by atoms with van der Waals surface area (Å²) >= 11 is 0. The van der Waals surface area contributed by atoms with Gasteiger partial charge in [-0.1, -0.05) is 24.3 Å². The maximum atomic E-state index is 13.1. The van der Waals surface area contributed by atoms with Gasteiger partial charge in [-0.15, -0.1) is 0 Å². The summed E-state index contributed by atoms with van der Waals surface area (Å²) in [7, 11) is 3.79. The Kier molecular flexibility index (Phi) is 14.5. The molecule has 8 N–H and O–H groups in total. The van der Waals surface area contributed by atoms with Crippen LogP contribution in [-0.2, 0) is 19.2 Å². The van der Waals surface area contributed by atoms with E-state index in [-0.39, 0.29) is 11.9 Å². The van der Waals surface area contributed by atoms with Crippen molar-refractivity contribution in [3.63, 3.8) is 0 Å². The summed E-state index contributed by atoms with van der Waals surface area (Å²) in [5, 5.41) is 41.0. The summed E-state index contributed by atoms with van der Waals surface area (Å²) < 4.78 is 7.77. The molecule has 2 fully saturated rings. The average Bonchev–Trinajstić information content (AvgIpc) is 3.84. The molecule has 2 aromatic carbocycles. The molecule has 0 unspecified atom stereocenters. The van der Waals surface area contributed by atoms with Gasteiger partial charge in [0, 0.05) is 73.0 Å². The number of anilines is 2. The maximum absolute atomic E-state index is 13.1. The standard InChI is InChI=1S/C32H37N9O2.2C4H4O4/c1-39-13-15-40(16-14-39)22-8-10-23(11-9-22)41-31-28(30(33)34-19-35-31)29(38-41)21-7-12-25(27(18-21)43-2)37-32(42)26-17-20-5-3-4-6-24(20)36-26;2*5-3(6)1-2-4(7)8/h3-7,12,17-19,22-23,36H,8-11,13-16H2,1-2H3,(H,37,42)(H2,33,34,35);2*1-2H,(H,5,6)(H,7,8)/b;2*2-1-. The number of carboxylic acid groups (broad SMARTS) is 4. The molecule has 0 bridgehead atoms. The van der Waals surface area contributed by atoms with E-state index in [1.807, 2.05) is 48.5 Å². The smallest absolute Gasteiger partial charge is 0.328 e. The molecule has 0 atom stereocenters. The number of carbonyl (C=O) groups is 5. The van der Waals surface area contributed by atoms with Crippen LogP contribution in [0.4, 0.5) is 11.5 Å². The predicted molar refractivity (Wildman–Crippen MR) is 217 cm³/mol. The molecule has 1 aliphatic heterocycles. The van der Waals surface area contributed by atoms with Crippen molar-refractivity contribution >= 4 is 63.2 Å². The zero-order valence-corrected chi connectivity index (χ0v) is 32.3. The number of nitrogens with zero attached hydrogens (tertiary/aromatic N) is 6. The zero-order valence-electron chi connectivity index (χ0n) is 32.3. The molecule has 59 heavy (non-hydrogen) atoms. The molecule has 19 heteroatoms. The fraction of sp³-hybridized carbons (Fsp3) is 0.300. The highest BCUT2D eigenvalue weighted by molar-refractivity contribution is 6.07. The van der Waals surface area contributed by atoms with Crippen LogP contribution in [0.15, 0.2) is 79.2 Å². The van der Waals surface area contributed by atoms with E-state index >= 15 is 0 Å². The monoisotopic (exact) mass is 811 g/mol. The van der Waals surface area contributed by atoms with Crippen LogP contribution in [-0.4, -0.2) is 131 Å². The second-order valence-electron chi connectivity index (χ2n) is 13.7. The minimum Gasteiger partial charge on any atom is -0.495 e. The number of hydrogen-bond acceptors (Lipinski definition) is 12. The topological polar surface area (TPSA) is 279 Å². The number of rotatable bonds is 10. The number of methoxy groups -OCH3 is 1. The van der Waals surface area contributed by atoms with E-state index in [2.05, 4.69) is 41.8 Å². The molecule has 0 spiro atoms. The number of hydrogen-bond donors (Lipinski definition) is 7. The quantitative estimate of drug-likeness (QED) is 0.0983. The molecule has 2 aliphatic rings. The molecule has 19 nitrogen and oxygen atoms in total. The van der Waals surface area contributed by atoms with Gasteiger partial charge in [0.15, 0.2) is 5.65 Å². The number of piperazine rings is 1. The van der Waals surface area contributed by atoms with E-state index < -0.39 is 23.9 Å². The summed E-state index contributed by atoms with van der Waals surface area (Å²) in [5.41, 5.74) is 10.6. The maximum Gasteiger partial charge on any atom is 0.328 e. The van der Waals surface area contributed by atoms with Crippen LogP contribution < -0.4 is 15.8 Å². The lowest BCUT2D eigenvalue weighted by molar-refractivity contribution is -0.134. The number of nitrogens with one attached hydrogen (secondary N) is 2. The average molecular weight is 812 g/mol. The van der Waals surface area contributed by atoms with E-state index in [4.69, 9.17) is 36.0 Å². The number of nitrogen functional groups attached to an aromatic ring is 1. The van der Waals surface area contributed by atoms with Gasteiger partial charge in [-0.3, -0.25) is 9.69 Å². The number of amides is 1.